The van der Waals surface area contributed by atoms with Crippen molar-refractivity contribution in [3.05, 3.63) is 58.1 Å². The molecule has 0 amide bonds. The first kappa shape index (κ1) is 19.6. The van der Waals surface area contributed by atoms with Gasteiger partial charge in [0.15, 0.2) is 0 Å². The van der Waals surface area contributed by atoms with Crippen LogP contribution in [0, 0.1) is 10.1 Å². The van der Waals surface area contributed by atoms with Crippen LogP contribution in [0.1, 0.15) is 17.3 Å². The lowest BCUT2D eigenvalue weighted by atomic mass is 10.0. The van der Waals surface area contributed by atoms with Crippen LogP contribution in [0.25, 0.3) is 11.1 Å². The minimum absolute atomic E-state index is 0.0819. The number of nitro benzene ring substituents is 1. The molecule has 2 aromatic rings. The van der Waals surface area contributed by atoms with Gasteiger partial charge in [0.05, 0.1) is 22.7 Å². The number of benzene rings is 2. The van der Waals surface area contributed by atoms with Crippen LogP contribution in [0.3, 0.4) is 0 Å². The number of carbonyl (C=O) groups excluding carboxylic acids is 1. The fourth-order valence-electron chi connectivity index (χ4n) is 2.15. The lowest BCUT2D eigenvalue weighted by molar-refractivity contribution is -0.384. The first-order valence-corrected chi connectivity index (χ1v) is 8.98. The summed E-state index contributed by atoms with van der Waals surface area (Å²) >= 11 is 0. The molecule has 0 aliphatic heterocycles. The molecule has 0 heterocycles. The zero-order valence-electron chi connectivity index (χ0n) is 13.1. The van der Waals surface area contributed by atoms with Crippen molar-refractivity contribution < 1.29 is 33.9 Å². The average Bonchev–Trinajstić information content (AvgIpc) is 2.52. The number of hydrogen-bond donors (Lipinski definition) is 0. The smallest absolute Gasteiger partial charge is 0.338 e. The van der Waals surface area contributed by atoms with Crippen molar-refractivity contribution in [3.8, 4) is 11.1 Å². The molecule has 0 unspecified atom stereocenters. The van der Waals surface area contributed by atoms with E-state index in [1.54, 1.807) is 6.92 Å². The summed E-state index contributed by atoms with van der Waals surface area (Å²) in [6.07, 6.45) is 0. The van der Waals surface area contributed by atoms with E-state index in [4.69, 9.17) is 4.74 Å². The molecular formula is C15H12F5NO4S. The summed E-state index contributed by atoms with van der Waals surface area (Å²) in [5.41, 5.74) is -1.21. The Morgan fingerprint density at radius 2 is 1.65 bits per heavy atom. The Morgan fingerprint density at radius 3 is 2.12 bits per heavy atom. The third kappa shape index (κ3) is 4.28. The molecule has 0 bridgehead atoms. The van der Waals surface area contributed by atoms with Crippen molar-refractivity contribution in [3.63, 3.8) is 0 Å². The van der Waals surface area contributed by atoms with Crippen molar-refractivity contribution in [1.29, 1.82) is 0 Å². The molecule has 0 spiro atoms. The number of rotatable bonds is 5. The predicted molar refractivity (Wildman–Crippen MR) is 85.9 cm³/mol. The Morgan fingerprint density at radius 1 is 1.08 bits per heavy atom. The normalized spacial score (nSPS) is 14.2. The fraction of sp³-hybridized carbons (Fsp3) is 0.133. The van der Waals surface area contributed by atoms with Crippen molar-refractivity contribution in [2.24, 2.45) is 0 Å². The summed E-state index contributed by atoms with van der Waals surface area (Å²) in [6.45, 7) is 1.72. The highest BCUT2D eigenvalue weighted by Gasteiger charge is 2.65. The van der Waals surface area contributed by atoms with E-state index in [0.29, 0.717) is 6.07 Å². The first-order chi connectivity index (χ1) is 11.7. The van der Waals surface area contributed by atoms with Crippen LogP contribution in [0.2, 0.25) is 0 Å². The molecule has 0 aliphatic carbocycles. The highest BCUT2D eigenvalue weighted by Crippen LogP contribution is 3.02. The van der Waals surface area contributed by atoms with Gasteiger partial charge in [-0.25, -0.2) is 4.79 Å². The SMILES string of the molecule is CCOC(=O)c1ccc(-c2ccc(S(F)(F)(F)(F)F)cc2[N+](=O)[O-])cc1. The van der Waals surface area contributed by atoms with Crippen molar-refractivity contribution in [1.82, 2.24) is 0 Å². The number of nitrogens with zero attached hydrogens (tertiary/aromatic N) is 1. The van der Waals surface area contributed by atoms with Crippen molar-refractivity contribution in [2.75, 3.05) is 6.61 Å². The zero-order valence-corrected chi connectivity index (χ0v) is 13.9. The third-order valence-electron chi connectivity index (χ3n) is 3.32. The van der Waals surface area contributed by atoms with Crippen LogP contribution in [0.5, 0.6) is 0 Å². The Bertz CT molecular complexity index is 882. The molecule has 0 N–H and O–H groups in total. The Balaban J connectivity index is 2.54. The topological polar surface area (TPSA) is 69.4 Å². The summed E-state index contributed by atoms with van der Waals surface area (Å²) in [6, 6.07) is 5.52. The molecule has 2 rings (SSSR count). The van der Waals surface area contributed by atoms with Gasteiger partial charge >= 0.3 is 16.2 Å². The van der Waals surface area contributed by atoms with Crippen LogP contribution in [-0.2, 0) is 4.74 Å². The first-order valence-electron chi connectivity index (χ1n) is 7.03. The van der Waals surface area contributed by atoms with Crippen molar-refractivity contribution >= 4 is 21.9 Å². The van der Waals surface area contributed by atoms with E-state index in [1.807, 2.05) is 0 Å². The third-order valence-corrected chi connectivity index (χ3v) is 4.46. The molecule has 0 aliphatic rings. The Labute approximate surface area is 144 Å². The Kier molecular flexibility index (Phi) is 4.27. The summed E-state index contributed by atoms with van der Waals surface area (Å²) in [5, 5.41) is 11.1. The monoisotopic (exact) mass is 397 g/mol. The number of esters is 1. The predicted octanol–water partition coefficient (Wildman–Crippen LogP) is 6.10. The minimum Gasteiger partial charge on any atom is -0.462 e. The second kappa shape index (κ2) is 5.66. The van der Waals surface area contributed by atoms with Crippen LogP contribution in [0.4, 0.5) is 25.1 Å². The molecule has 142 valence electrons. The molecule has 0 aromatic heterocycles. The molecule has 0 saturated heterocycles. The molecule has 0 radical (unpaired) electrons. The number of hydrogen-bond acceptors (Lipinski definition) is 4. The van der Waals surface area contributed by atoms with E-state index in [-0.39, 0.29) is 35.4 Å². The molecular weight excluding hydrogens is 385 g/mol. The Hall–Kier alpha value is -2.69. The number of carbonyl (C=O) groups is 1. The molecule has 26 heavy (non-hydrogen) atoms. The molecule has 11 heteroatoms. The summed E-state index contributed by atoms with van der Waals surface area (Å²) in [5.74, 6) is -0.648. The van der Waals surface area contributed by atoms with E-state index >= 15 is 0 Å². The lowest BCUT2D eigenvalue weighted by Gasteiger charge is -2.40. The number of nitro groups is 1. The van der Waals surface area contributed by atoms with E-state index in [9.17, 15) is 34.3 Å². The highest BCUT2D eigenvalue weighted by molar-refractivity contribution is 8.45. The molecule has 0 atom stereocenters. The van der Waals surface area contributed by atoms with E-state index in [0.717, 1.165) is 0 Å². The van der Waals surface area contributed by atoms with E-state index in [1.165, 1.54) is 24.3 Å². The van der Waals surface area contributed by atoms with Crippen LogP contribution < -0.4 is 0 Å². The average molecular weight is 397 g/mol. The van der Waals surface area contributed by atoms with Gasteiger partial charge in [-0.3, -0.25) is 10.1 Å². The van der Waals surface area contributed by atoms with Gasteiger partial charge in [-0.15, -0.1) is 0 Å². The van der Waals surface area contributed by atoms with E-state index < -0.39 is 31.7 Å². The molecule has 0 fully saturated rings. The van der Waals surface area contributed by atoms with E-state index in [2.05, 4.69) is 0 Å². The largest absolute Gasteiger partial charge is 0.462 e. The van der Waals surface area contributed by atoms with Gasteiger partial charge in [0.1, 0.15) is 4.90 Å². The quantitative estimate of drug-likeness (QED) is 0.265. The summed E-state index contributed by atoms with van der Waals surface area (Å²) in [7, 11) is -10.0. The van der Waals surface area contributed by atoms with Gasteiger partial charge < -0.3 is 4.74 Å². The van der Waals surface area contributed by atoms with Crippen LogP contribution in [0.15, 0.2) is 47.4 Å². The lowest BCUT2D eigenvalue weighted by Crippen LogP contribution is -2.07. The highest BCUT2D eigenvalue weighted by atomic mass is 32.5. The maximum Gasteiger partial charge on any atom is 0.338 e. The number of halogens is 5. The van der Waals surface area contributed by atoms with Gasteiger partial charge in [0, 0.05) is 6.07 Å². The maximum absolute atomic E-state index is 12.9. The minimum atomic E-state index is -10.0. The van der Waals surface area contributed by atoms with Gasteiger partial charge in [-0.05, 0) is 36.8 Å². The molecule has 2 aromatic carbocycles. The summed E-state index contributed by atoms with van der Waals surface area (Å²) in [4.78, 5) is 19.1. The van der Waals surface area contributed by atoms with Gasteiger partial charge in [-0.1, -0.05) is 31.6 Å². The van der Waals surface area contributed by atoms with Crippen LogP contribution in [-0.4, -0.2) is 17.5 Å². The standard InChI is InChI=1S/C15H12F5NO4S/c1-2-25-15(22)11-5-3-10(4-6-11)13-8-7-12(9-14(13)21(23)24)26(16,17,18,19)20/h3-9H,2H2,1H3. The van der Waals surface area contributed by atoms with Gasteiger partial charge in [0.2, 0.25) is 0 Å². The van der Waals surface area contributed by atoms with Gasteiger partial charge in [-0.2, -0.15) is 0 Å². The van der Waals surface area contributed by atoms with Gasteiger partial charge in [0.25, 0.3) is 5.69 Å². The van der Waals surface area contributed by atoms with Crippen LogP contribution >= 0.6 is 10.2 Å². The maximum atomic E-state index is 12.9. The second-order valence-corrected chi connectivity index (χ2v) is 7.61. The number of ether oxygens (including phenoxy) is 1. The molecule has 0 saturated carbocycles. The van der Waals surface area contributed by atoms with Crippen molar-refractivity contribution in [2.45, 2.75) is 11.8 Å². The second-order valence-electron chi connectivity index (χ2n) is 5.20. The zero-order chi connectivity index (χ0) is 19.8. The molecule has 5 nitrogen and oxygen atoms in total. The fourth-order valence-corrected chi connectivity index (χ4v) is 2.81. The summed E-state index contributed by atoms with van der Waals surface area (Å²) < 4.78 is 69.1.